The second kappa shape index (κ2) is 6.15. The van der Waals surface area contributed by atoms with E-state index in [9.17, 15) is 0 Å². The standard InChI is InChI=1S/C14H22N2O/c1-15-14(11-17)7-9-16-8-6-12-4-2-3-5-13(12)10-16/h2-5,14-15,17H,6-11H2,1H3. The molecule has 1 aliphatic heterocycles. The van der Waals surface area contributed by atoms with Crippen molar-refractivity contribution in [2.45, 2.75) is 25.4 Å². The molecule has 0 bridgehead atoms. The van der Waals surface area contributed by atoms with Crippen LogP contribution in [0.4, 0.5) is 0 Å². The summed E-state index contributed by atoms with van der Waals surface area (Å²) in [6.07, 6.45) is 2.16. The molecule has 1 aromatic carbocycles. The number of hydrogen-bond acceptors (Lipinski definition) is 3. The smallest absolute Gasteiger partial charge is 0.0585 e. The van der Waals surface area contributed by atoms with E-state index in [-0.39, 0.29) is 12.6 Å². The zero-order chi connectivity index (χ0) is 12.1. The van der Waals surface area contributed by atoms with Gasteiger partial charge in [-0.05, 0) is 31.0 Å². The number of aliphatic hydroxyl groups excluding tert-OH is 1. The van der Waals surface area contributed by atoms with Gasteiger partial charge in [0.2, 0.25) is 0 Å². The third-order valence-corrected chi connectivity index (χ3v) is 3.63. The van der Waals surface area contributed by atoms with Crippen LogP contribution in [0.3, 0.4) is 0 Å². The summed E-state index contributed by atoms with van der Waals surface area (Å²) >= 11 is 0. The average molecular weight is 234 g/mol. The summed E-state index contributed by atoms with van der Waals surface area (Å²) in [6, 6.07) is 8.93. The topological polar surface area (TPSA) is 35.5 Å². The molecule has 0 amide bonds. The number of benzene rings is 1. The van der Waals surface area contributed by atoms with Gasteiger partial charge in [0.05, 0.1) is 6.61 Å². The fourth-order valence-electron chi connectivity index (χ4n) is 2.41. The van der Waals surface area contributed by atoms with E-state index in [4.69, 9.17) is 5.11 Å². The summed E-state index contributed by atoms with van der Waals surface area (Å²) in [7, 11) is 1.91. The lowest BCUT2D eigenvalue weighted by atomic mass is 9.99. The summed E-state index contributed by atoms with van der Waals surface area (Å²) in [4.78, 5) is 2.47. The Morgan fingerprint density at radius 1 is 1.35 bits per heavy atom. The van der Waals surface area contributed by atoms with Crippen molar-refractivity contribution in [1.82, 2.24) is 10.2 Å². The van der Waals surface area contributed by atoms with Crippen molar-refractivity contribution >= 4 is 0 Å². The van der Waals surface area contributed by atoms with Crippen LogP contribution in [-0.4, -0.2) is 42.8 Å². The monoisotopic (exact) mass is 234 g/mol. The molecule has 0 radical (unpaired) electrons. The molecule has 1 unspecified atom stereocenters. The number of nitrogens with one attached hydrogen (secondary N) is 1. The van der Waals surface area contributed by atoms with Gasteiger partial charge in [-0.2, -0.15) is 0 Å². The minimum atomic E-state index is 0.223. The molecule has 1 heterocycles. The van der Waals surface area contributed by atoms with Gasteiger partial charge in [-0.3, -0.25) is 4.90 Å². The minimum absolute atomic E-state index is 0.223. The highest BCUT2D eigenvalue weighted by Crippen LogP contribution is 2.18. The summed E-state index contributed by atoms with van der Waals surface area (Å²) < 4.78 is 0. The maximum absolute atomic E-state index is 9.13. The molecular formula is C14H22N2O. The number of aliphatic hydroxyl groups is 1. The van der Waals surface area contributed by atoms with Crippen LogP contribution >= 0.6 is 0 Å². The zero-order valence-corrected chi connectivity index (χ0v) is 10.5. The highest BCUT2D eigenvalue weighted by atomic mass is 16.3. The van der Waals surface area contributed by atoms with Gasteiger partial charge in [-0.1, -0.05) is 24.3 Å². The molecule has 0 aliphatic carbocycles. The van der Waals surface area contributed by atoms with Crippen molar-refractivity contribution in [3.05, 3.63) is 35.4 Å². The molecule has 0 fully saturated rings. The van der Waals surface area contributed by atoms with E-state index in [0.29, 0.717) is 0 Å². The van der Waals surface area contributed by atoms with E-state index in [2.05, 4.69) is 34.5 Å². The molecule has 1 aliphatic rings. The van der Waals surface area contributed by atoms with Crippen molar-refractivity contribution < 1.29 is 5.11 Å². The average Bonchev–Trinajstić information content (AvgIpc) is 2.40. The molecule has 0 saturated heterocycles. The van der Waals surface area contributed by atoms with Gasteiger partial charge in [0.15, 0.2) is 0 Å². The highest BCUT2D eigenvalue weighted by molar-refractivity contribution is 5.28. The molecule has 3 heteroatoms. The van der Waals surface area contributed by atoms with Crippen molar-refractivity contribution in [3.63, 3.8) is 0 Å². The summed E-state index contributed by atoms with van der Waals surface area (Å²) in [5.41, 5.74) is 2.96. The first kappa shape index (κ1) is 12.6. The Morgan fingerprint density at radius 2 is 2.12 bits per heavy atom. The number of hydrogen-bond donors (Lipinski definition) is 2. The number of fused-ring (bicyclic) bond motifs is 1. The lowest BCUT2D eigenvalue weighted by Crippen LogP contribution is -2.37. The van der Waals surface area contributed by atoms with E-state index in [1.54, 1.807) is 0 Å². The van der Waals surface area contributed by atoms with Crippen molar-refractivity contribution in [1.29, 1.82) is 0 Å². The lowest BCUT2D eigenvalue weighted by Gasteiger charge is -2.29. The fraction of sp³-hybridized carbons (Fsp3) is 0.571. The predicted octanol–water partition coefficient (Wildman–Crippen LogP) is 1.02. The van der Waals surface area contributed by atoms with E-state index in [1.165, 1.54) is 11.1 Å². The quantitative estimate of drug-likeness (QED) is 0.798. The molecular weight excluding hydrogens is 212 g/mol. The zero-order valence-electron chi connectivity index (χ0n) is 10.5. The maximum Gasteiger partial charge on any atom is 0.0585 e. The molecule has 0 spiro atoms. The summed E-state index contributed by atoms with van der Waals surface area (Å²) in [5.74, 6) is 0. The van der Waals surface area contributed by atoms with E-state index >= 15 is 0 Å². The SMILES string of the molecule is CNC(CO)CCN1CCc2ccccc2C1. The molecule has 1 atom stereocenters. The third kappa shape index (κ3) is 3.28. The van der Waals surface area contributed by atoms with Gasteiger partial charge in [-0.25, -0.2) is 0 Å². The number of likely N-dealkylation sites (N-methyl/N-ethyl adjacent to an activating group) is 1. The first-order valence-corrected chi connectivity index (χ1v) is 6.40. The van der Waals surface area contributed by atoms with Crippen LogP contribution in [0.1, 0.15) is 17.5 Å². The molecule has 2 N–H and O–H groups in total. The van der Waals surface area contributed by atoms with Crippen LogP contribution < -0.4 is 5.32 Å². The maximum atomic E-state index is 9.13. The van der Waals surface area contributed by atoms with Crippen LogP contribution in [0.2, 0.25) is 0 Å². The molecule has 0 aromatic heterocycles. The van der Waals surface area contributed by atoms with Gasteiger partial charge < -0.3 is 10.4 Å². The summed E-state index contributed by atoms with van der Waals surface area (Å²) in [5, 5.41) is 12.3. The Morgan fingerprint density at radius 3 is 2.82 bits per heavy atom. The fourth-order valence-corrected chi connectivity index (χ4v) is 2.41. The largest absolute Gasteiger partial charge is 0.395 e. The third-order valence-electron chi connectivity index (χ3n) is 3.63. The Hall–Kier alpha value is -0.900. The van der Waals surface area contributed by atoms with Gasteiger partial charge in [-0.15, -0.1) is 0 Å². The molecule has 3 nitrogen and oxygen atoms in total. The van der Waals surface area contributed by atoms with Crippen molar-refractivity contribution in [3.8, 4) is 0 Å². The Labute approximate surface area is 103 Å². The van der Waals surface area contributed by atoms with Gasteiger partial charge in [0.25, 0.3) is 0 Å². The second-order valence-corrected chi connectivity index (χ2v) is 4.75. The molecule has 1 aromatic rings. The Kier molecular flexibility index (Phi) is 4.54. The van der Waals surface area contributed by atoms with Crippen LogP contribution in [-0.2, 0) is 13.0 Å². The normalized spacial score (nSPS) is 17.8. The van der Waals surface area contributed by atoms with Crippen LogP contribution in [0.5, 0.6) is 0 Å². The van der Waals surface area contributed by atoms with Gasteiger partial charge in [0.1, 0.15) is 0 Å². The first-order valence-electron chi connectivity index (χ1n) is 6.40. The Balaban J connectivity index is 1.86. The van der Waals surface area contributed by atoms with E-state index < -0.39 is 0 Å². The van der Waals surface area contributed by atoms with E-state index in [1.807, 2.05) is 7.05 Å². The minimum Gasteiger partial charge on any atom is -0.395 e. The molecule has 2 rings (SSSR count). The second-order valence-electron chi connectivity index (χ2n) is 4.75. The van der Waals surface area contributed by atoms with Crippen LogP contribution in [0.25, 0.3) is 0 Å². The van der Waals surface area contributed by atoms with Gasteiger partial charge in [0, 0.05) is 25.7 Å². The van der Waals surface area contributed by atoms with Crippen molar-refractivity contribution in [2.24, 2.45) is 0 Å². The van der Waals surface area contributed by atoms with Crippen LogP contribution in [0, 0.1) is 0 Å². The summed E-state index contributed by atoms with van der Waals surface area (Å²) in [6.45, 7) is 3.47. The molecule has 17 heavy (non-hydrogen) atoms. The number of nitrogens with zero attached hydrogens (tertiary/aromatic N) is 1. The predicted molar refractivity (Wildman–Crippen MR) is 70.0 cm³/mol. The highest BCUT2D eigenvalue weighted by Gasteiger charge is 2.16. The molecule has 0 saturated carbocycles. The first-order chi connectivity index (χ1) is 8.33. The number of rotatable bonds is 5. The van der Waals surface area contributed by atoms with Gasteiger partial charge >= 0.3 is 0 Å². The Bertz CT molecular complexity index is 350. The van der Waals surface area contributed by atoms with E-state index in [0.717, 1.165) is 32.5 Å². The van der Waals surface area contributed by atoms with Crippen LogP contribution in [0.15, 0.2) is 24.3 Å². The lowest BCUT2D eigenvalue weighted by molar-refractivity contribution is 0.202. The molecule has 94 valence electrons. The van der Waals surface area contributed by atoms with Crippen molar-refractivity contribution in [2.75, 3.05) is 26.7 Å².